The van der Waals surface area contributed by atoms with Gasteiger partial charge in [-0.25, -0.2) is 0 Å². The molecule has 0 aromatic rings. The van der Waals surface area contributed by atoms with E-state index in [0.717, 1.165) is 5.57 Å². The molecule has 2 rings (SSSR count). The average Bonchev–Trinajstić information content (AvgIpc) is 2.83. The summed E-state index contributed by atoms with van der Waals surface area (Å²) in [5.41, 5.74) is 0.885. The van der Waals surface area contributed by atoms with Gasteiger partial charge in [0.1, 0.15) is 0 Å². The lowest BCUT2D eigenvalue weighted by Gasteiger charge is -2.15. The molecule has 20 heavy (non-hydrogen) atoms. The molecule has 0 spiro atoms. The molecule has 0 aromatic carbocycles. The van der Waals surface area contributed by atoms with Crippen molar-refractivity contribution in [2.45, 2.75) is 19.1 Å². The summed E-state index contributed by atoms with van der Waals surface area (Å²) in [6.45, 7) is 7.97. The first-order chi connectivity index (χ1) is 9.40. The Morgan fingerprint density at radius 3 is 2.60 bits per heavy atom. The molecular formula is C12H16N4O2S2. The maximum absolute atomic E-state index is 12.0. The predicted molar refractivity (Wildman–Crippen MR) is 83.7 cm³/mol. The van der Waals surface area contributed by atoms with Gasteiger partial charge in [-0.2, -0.15) is 0 Å². The van der Waals surface area contributed by atoms with Crippen LogP contribution >= 0.6 is 23.5 Å². The molecule has 0 radical (unpaired) electrons. The van der Waals surface area contributed by atoms with E-state index in [0.29, 0.717) is 22.6 Å². The van der Waals surface area contributed by atoms with Gasteiger partial charge < -0.3 is 0 Å². The van der Waals surface area contributed by atoms with Gasteiger partial charge in [0.15, 0.2) is 10.3 Å². The number of carbonyl (C=O) groups excluding carboxylic acids is 2. The Hall–Kier alpha value is -1.28. The van der Waals surface area contributed by atoms with Crippen molar-refractivity contribution in [3.8, 4) is 0 Å². The highest BCUT2D eigenvalue weighted by Gasteiger charge is 2.35. The Morgan fingerprint density at radius 2 is 2.05 bits per heavy atom. The largest absolute Gasteiger partial charge is 0.292 e. The Balaban J connectivity index is 2.19. The number of amides is 2. The average molecular weight is 312 g/mol. The first kappa shape index (κ1) is 15.1. The van der Waals surface area contributed by atoms with E-state index in [4.69, 9.17) is 0 Å². The normalized spacial score (nSPS) is 27.2. The van der Waals surface area contributed by atoms with Crippen LogP contribution in [0.15, 0.2) is 22.4 Å². The minimum absolute atomic E-state index is 0.0104. The standard InChI is InChI=1S/C12H16N4O2S2/c1-7(2)5-16-10(18)8(3)20-12(16)14-13-11-15(4)9(17)6-19-11/h8H,1,5-6H2,2-4H3/b13-11+,14-12-/t8-/m1/s1. The molecule has 108 valence electrons. The highest BCUT2D eigenvalue weighted by Crippen LogP contribution is 2.28. The van der Waals surface area contributed by atoms with Crippen molar-refractivity contribution in [2.24, 2.45) is 10.2 Å². The molecule has 2 heterocycles. The fourth-order valence-electron chi connectivity index (χ4n) is 1.69. The number of hydrogen-bond donors (Lipinski definition) is 0. The van der Waals surface area contributed by atoms with Gasteiger partial charge in [-0.15, -0.1) is 10.2 Å². The third-order valence-corrected chi connectivity index (χ3v) is 4.83. The van der Waals surface area contributed by atoms with E-state index in [1.807, 2.05) is 13.8 Å². The van der Waals surface area contributed by atoms with Crippen LogP contribution in [0, 0.1) is 0 Å². The number of nitrogens with zero attached hydrogens (tertiary/aromatic N) is 4. The van der Waals surface area contributed by atoms with Crippen molar-refractivity contribution in [1.29, 1.82) is 0 Å². The van der Waals surface area contributed by atoms with Crippen molar-refractivity contribution in [3.05, 3.63) is 12.2 Å². The van der Waals surface area contributed by atoms with Crippen LogP contribution in [-0.2, 0) is 9.59 Å². The summed E-state index contributed by atoms with van der Waals surface area (Å²) in [5.74, 6) is 0.412. The number of amidine groups is 2. The van der Waals surface area contributed by atoms with Crippen molar-refractivity contribution in [1.82, 2.24) is 9.80 Å². The Bertz CT molecular complexity index is 530. The zero-order chi connectivity index (χ0) is 14.9. The molecule has 0 aliphatic carbocycles. The fourth-order valence-corrected chi connectivity index (χ4v) is 3.44. The minimum Gasteiger partial charge on any atom is -0.292 e. The molecule has 0 unspecified atom stereocenters. The maximum Gasteiger partial charge on any atom is 0.242 e. The second-order valence-corrected chi connectivity index (χ2v) is 6.90. The molecule has 0 N–H and O–H groups in total. The minimum atomic E-state index is -0.163. The highest BCUT2D eigenvalue weighted by molar-refractivity contribution is 8.15. The quantitative estimate of drug-likeness (QED) is 0.583. The molecule has 2 fully saturated rings. The number of carbonyl (C=O) groups is 2. The molecule has 0 saturated carbocycles. The van der Waals surface area contributed by atoms with Gasteiger partial charge in [0.2, 0.25) is 11.8 Å². The van der Waals surface area contributed by atoms with E-state index in [1.54, 1.807) is 11.9 Å². The molecule has 8 heteroatoms. The van der Waals surface area contributed by atoms with Crippen LogP contribution in [0.4, 0.5) is 0 Å². The molecular weight excluding hydrogens is 296 g/mol. The zero-order valence-corrected chi connectivity index (χ0v) is 13.3. The summed E-state index contributed by atoms with van der Waals surface area (Å²) in [6.07, 6.45) is 0. The molecule has 2 amide bonds. The SMILES string of the molecule is C=C(C)CN1C(=O)[C@@H](C)S/C1=N\N=C1\SCC(=O)N1C. The summed E-state index contributed by atoms with van der Waals surface area (Å²) in [4.78, 5) is 26.5. The summed E-state index contributed by atoms with van der Waals surface area (Å²) in [7, 11) is 1.67. The first-order valence-corrected chi connectivity index (χ1v) is 7.94. The zero-order valence-electron chi connectivity index (χ0n) is 11.6. The fraction of sp³-hybridized carbons (Fsp3) is 0.500. The van der Waals surface area contributed by atoms with Crippen molar-refractivity contribution in [3.63, 3.8) is 0 Å². The smallest absolute Gasteiger partial charge is 0.242 e. The van der Waals surface area contributed by atoms with Crippen LogP contribution in [0.25, 0.3) is 0 Å². The monoisotopic (exact) mass is 312 g/mol. The van der Waals surface area contributed by atoms with Crippen LogP contribution in [0.2, 0.25) is 0 Å². The Labute approximate surface area is 126 Å². The van der Waals surface area contributed by atoms with E-state index in [2.05, 4.69) is 16.8 Å². The van der Waals surface area contributed by atoms with Gasteiger partial charge in [0, 0.05) is 13.6 Å². The van der Waals surface area contributed by atoms with Crippen molar-refractivity contribution >= 4 is 45.7 Å². The predicted octanol–water partition coefficient (Wildman–Crippen LogP) is 1.36. The summed E-state index contributed by atoms with van der Waals surface area (Å²) in [6, 6.07) is 0. The van der Waals surface area contributed by atoms with Gasteiger partial charge >= 0.3 is 0 Å². The molecule has 2 saturated heterocycles. The number of hydrogen-bond acceptors (Lipinski definition) is 6. The molecule has 2 aliphatic heterocycles. The molecule has 0 bridgehead atoms. The Kier molecular flexibility index (Phi) is 4.54. The molecule has 0 aromatic heterocycles. The molecule has 2 aliphatic rings. The maximum atomic E-state index is 12.0. The van der Waals surface area contributed by atoms with E-state index in [1.165, 1.54) is 28.4 Å². The molecule has 1 atom stereocenters. The summed E-state index contributed by atoms with van der Waals surface area (Å²) >= 11 is 2.72. The van der Waals surface area contributed by atoms with Gasteiger partial charge in [-0.1, -0.05) is 35.7 Å². The van der Waals surface area contributed by atoms with Gasteiger partial charge in [0.05, 0.1) is 11.0 Å². The van der Waals surface area contributed by atoms with Crippen molar-refractivity contribution < 1.29 is 9.59 Å². The third kappa shape index (κ3) is 3.06. The first-order valence-electron chi connectivity index (χ1n) is 6.07. The van der Waals surface area contributed by atoms with Gasteiger partial charge in [-0.3, -0.25) is 19.4 Å². The summed E-state index contributed by atoms with van der Waals surface area (Å²) in [5, 5.41) is 9.19. The Morgan fingerprint density at radius 1 is 1.40 bits per heavy atom. The van der Waals surface area contributed by atoms with Gasteiger partial charge in [0.25, 0.3) is 0 Å². The topological polar surface area (TPSA) is 65.3 Å². The second kappa shape index (κ2) is 6.01. The lowest BCUT2D eigenvalue weighted by Crippen LogP contribution is -2.32. The van der Waals surface area contributed by atoms with E-state index >= 15 is 0 Å². The number of thioether (sulfide) groups is 2. The van der Waals surface area contributed by atoms with Crippen LogP contribution < -0.4 is 0 Å². The lowest BCUT2D eigenvalue weighted by atomic mass is 10.3. The van der Waals surface area contributed by atoms with Gasteiger partial charge in [-0.05, 0) is 13.8 Å². The summed E-state index contributed by atoms with van der Waals surface area (Å²) < 4.78 is 0. The van der Waals surface area contributed by atoms with Crippen LogP contribution in [-0.4, -0.2) is 56.5 Å². The highest BCUT2D eigenvalue weighted by atomic mass is 32.2. The van der Waals surface area contributed by atoms with Crippen LogP contribution in [0.1, 0.15) is 13.8 Å². The van der Waals surface area contributed by atoms with Crippen molar-refractivity contribution in [2.75, 3.05) is 19.3 Å². The number of rotatable bonds is 3. The van der Waals surface area contributed by atoms with Crippen LogP contribution in [0.3, 0.4) is 0 Å². The van der Waals surface area contributed by atoms with E-state index in [9.17, 15) is 9.59 Å². The van der Waals surface area contributed by atoms with Crippen LogP contribution in [0.5, 0.6) is 0 Å². The van der Waals surface area contributed by atoms with E-state index in [-0.39, 0.29) is 17.1 Å². The van der Waals surface area contributed by atoms with E-state index < -0.39 is 0 Å². The lowest BCUT2D eigenvalue weighted by molar-refractivity contribution is -0.125. The molecule has 6 nitrogen and oxygen atoms in total. The third-order valence-electron chi connectivity index (χ3n) is 2.76. The second-order valence-electron chi connectivity index (χ2n) is 4.65.